The molecule has 3 fully saturated rings. The number of amides is 1. The highest BCUT2D eigenvalue weighted by molar-refractivity contribution is 7.18. The average molecular weight is 417 g/mol. The Bertz CT molecular complexity index is 837. The largest absolute Gasteiger partial charge is 0.392 e. The van der Waals surface area contributed by atoms with Gasteiger partial charge in [0, 0.05) is 25.7 Å². The molecule has 8 nitrogen and oxygen atoms in total. The zero-order chi connectivity index (χ0) is 19.8. The number of para-hydroxylation sites is 1. The third kappa shape index (κ3) is 4.03. The molecule has 0 saturated carbocycles. The van der Waals surface area contributed by atoms with Gasteiger partial charge in [0.1, 0.15) is 17.2 Å². The first-order chi connectivity index (χ1) is 14.2. The van der Waals surface area contributed by atoms with Gasteiger partial charge in [-0.1, -0.05) is 12.1 Å². The minimum absolute atomic E-state index is 0.0181. The number of piperidine rings is 1. The first-order valence-electron chi connectivity index (χ1n) is 10.5. The Morgan fingerprint density at radius 2 is 2.17 bits per heavy atom. The van der Waals surface area contributed by atoms with E-state index in [9.17, 15) is 9.90 Å². The standard InChI is InChI=1S/C20H28N6O2S/c27-13-7-9-26(11-13)20-24-17(22-12-4-3-8-21-10-12)16(18(28)25-20)19-23-14-5-1-2-6-15(14)29-19/h1-2,5-6,12-13,16-17,20-22,24,27H,3-4,7-11H2,(H,25,28)/t12-,13+,16?,17?,20?/m1/s1. The van der Waals surface area contributed by atoms with Crippen LogP contribution in [-0.2, 0) is 4.79 Å². The number of aromatic nitrogens is 1. The van der Waals surface area contributed by atoms with Crippen LogP contribution in [0.15, 0.2) is 24.3 Å². The second kappa shape index (κ2) is 8.25. The number of nitrogens with one attached hydrogen (secondary N) is 4. The summed E-state index contributed by atoms with van der Waals surface area (Å²) in [4.78, 5) is 20.1. The highest BCUT2D eigenvalue weighted by Crippen LogP contribution is 2.31. The van der Waals surface area contributed by atoms with Crippen molar-refractivity contribution in [3.05, 3.63) is 29.3 Å². The molecule has 0 aliphatic carbocycles. The number of β-amino-alcohol motifs (C(OH)–C–C–N with tert-alkyl or cyclic N) is 1. The predicted molar refractivity (Wildman–Crippen MR) is 112 cm³/mol. The molecule has 3 unspecified atom stereocenters. The number of benzene rings is 1. The normalized spacial score (nSPS) is 33.8. The molecule has 5 N–H and O–H groups in total. The maximum absolute atomic E-state index is 13.2. The minimum Gasteiger partial charge on any atom is -0.392 e. The van der Waals surface area contributed by atoms with Gasteiger partial charge < -0.3 is 15.7 Å². The van der Waals surface area contributed by atoms with Crippen molar-refractivity contribution < 1.29 is 9.90 Å². The Morgan fingerprint density at radius 3 is 2.93 bits per heavy atom. The van der Waals surface area contributed by atoms with Crippen molar-refractivity contribution in [3.8, 4) is 0 Å². The topological polar surface area (TPSA) is 102 Å². The fourth-order valence-corrected chi connectivity index (χ4v) is 5.66. The predicted octanol–water partition coefficient (Wildman–Crippen LogP) is 0.117. The van der Waals surface area contributed by atoms with E-state index < -0.39 is 5.92 Å². The molecule has 156 valence electrons. The van der Waals surface area contributed by atoms with Gasteiger partial charge >= 0.3 is 0 Å². The van der Waals surface area contributed by atoms with Crippen LogP contribution < -0.4 is 21.3 Å². The number of aliphatic hydroxyl groups is 1. The number of fused-ring (bicyclic) bond motifs is 1. The van der Waals surface area contributed by atoms with Crippen LogP contribution in [0.5, 0.6) is 0 Å². The van der Waals surface area contributed by atoms with Gasteiger partial charge in [0.25, 0.3) is 0 Å². The molecule has 0 bridgehead atoms. The first kappa shape index (κ1) is 19.3. The second-order valence-corrected chi connectivity index (χ2v) is 9.26. The van der Waals surface area contributed by atoms with Crippen molar-refractivity contribution in [2.24, 2.45) is 0 Å². The molecule has 1 amide bonds. The molecule has 3 aliphatic rings. The van der Waals surface area contributed by atoms with Crippen LogP contribution in [0.3, 0.4) is 0 Å². The molecule has 9 heteroatoms. The smallest absolute Gasteiger partial charge is 0.235 e. The van der Waals surface area contributed by atoms with Crippen LogP contribution in [0.25, 0.3) is 10.2 Å². The van der Waals surface area contributed by atoms with Gasteiger partial charge in [-0.25, -0.2) is 4.98 Å². The van der Waals surface area contributed by atoms with E-state index in [0.29, 0.717) is 12.6 Å². The van der Waals surface area contributed by atoms with Crippen LogP contribution in [-0.4, -0.2) is 71.7 Å². The Morgan fingerprint density at radius 1 is 1.28 bits per heavy atom. The van der Waals surface area contributed by atoms with E-state index in [2.05, 4.69) is 26.2 Å². The minimum atomic E-state index is -0.391. The number of carbonyl (C=O) groups excluding carboxylic acids is 1. The fourth-order valence-electron chi connectivity index (χ4n) is 4.55. The lowest BCUT2D eigenvalue weighted by Crippen LogP contribution is -2.70. The number of thiazole rings is 1. The highest BCUT2D eigenvalue weighted by atomic mass is 32.1. The summed E-state index contributed by atoms with van der Waals surface area (Å²) in [6, 6.07) is 8.33. The summed E-state index contributed by atoms with van der Waals surface area (Å²) in [7, 11) is 0. The molecule has 4 heterocycles. The maximum Gasteiger partial charge on any atom is 0.235 e. The summed E-state index contributed by atoms with van der Waals surface area (Å²) < 4.78 is 1.10. The van der Waals surface area contributed by atoms with E-state index >= 15 is 0 Å². The van der Waals surface area contributed by atoms with Gasteiger partial charge in [-0.3, -0.25) is 20.3 Å². The van der Waals surface area contributed by atoms with Crippen molar-refractivity contribution in [1.29, 1.82) is 0 Å². The Labute approximate surface area is 174 Å². The maximum atomic E-state index is 13.2. The van der Waals surface area contributed by atoms with Crippen LogP contribution in [0, 0.1) is 0 Å². The number of hydrogen-bond donors (Lipinski definition) is 5. The number of hydrogen-bond acceptors (Lipinski definition) is 8. The summed E-state index contributed by atoms with van der Waals surface area (Å²) in [5.74, 6) is -0.409. The first-order valence-corrected chi connectivity index (χ1v) is 11.3. The molecule has 1 aromatic carbocycles. The number of aliphatic hydroxyl groups excluding tert-OH is 1. The van der Waals surface area contributed by atoms with Crippen molar-refractivity contribution in [1.82, 2.24) is 31.2 Å². The summed E-state index contributed by atoms with van der Waals surface area (Å²) in [5, 5.41) is 24.6. The Hall–Kier alpha value is -1.62. The zero-order valence-corrected chi connectivity index (χ0v) is 17.1. The summed E-state index contributed by atoms with van der Waals surface area (Å²) in [6.07, 6.45) is 2.14. The van der Waals surface area contributed by atoms with E-state index in [-0.39, 0.29) is 24.5 Å². The van der Waals surface area contributed by atoms with Gasteiger partial charge in [-0.15, -0.1) is 11.3 Å². The molecule has 3 saturated heterocycles. The molecule has 2 aromatic rings. The summed E-state index contributed by atoms with van der Waals surface area (Å²) in [6.45, 7) is 3.29. The van der Waals surface area contributed by atoms with Gasteiger partial charge in [0.05, 0.1) is 22.5 Å². The second-order valence-electron chi connectivity index (χ2n) is 8.20. The average Bonchev–Trinajstić information content (AvgIpc) is 3.34. The van der Waals surface area contributed by atoms with E-state index in [1.165, 1.54) is 0 Å². The van der Waals surface area contributed by atoms with Gasteiger partial charge in [0.2, 0.25) is 5.91 Å². The molecule has 0 spiro atoms. The molecule has 5 rings (SSSR count). The van der Waals surface area contributed by atoms with Crippen LogP contribution in [0.1, 0.15) is 30.2 Å². The Balaban J connectivity index is 1.41. The third-order valence-corrected chi connectivity index (χ3v) is 7.20. The summed E-state index contributed by atoms with van der Waals surface area (Å²) >= 11 is 1.59. The number of carbonyl (C=O) groups is 1. The molecule has 29 heavy (non-hydrogen) atoms. The number of nitrogens with zero attached hydrogens (tertiary/aromatic N) is 2. The van der Waals surface area contributed by atoms with E-state index in [0.717, 1.165) is 54.1 Å². The van der Waals surface area contributed by atoms with Crippen LogP contribution in [0.2, 0.25) is 0 Å². The SMILES string of the molecule is O=C1NC(N2CC[C@H](O)C2)NC(N[C@@H]2CCCNC2)C1c1nc2ccccc2s1. The number of rotatable bonds is 4. The molecule has 3 aliphatic heterocycles. The molecular formula is C20H28N6O2S. The molecular weight excluding hydrogens is 388 g/mol. The number of likely N-dealkylation sites (tertiary alicyclic amines) is 1. The van der Waals surface area contributed by atoms with Crippen molar-refractivity contribution in [2.75, 3.05) is 26.2 Å². The van der Waals surface area contributed by atoms with Crippen molar-refractivity contribution >= 4 is 27.5 Å². The lowest BCUT2D eigenvalue weighted by Gasteiger charge is -2.42. The fraction of sp³-hybridized carbons (Fsp3) is 0.600. The van der Waals surface area contributed by atoms with E-state index in [1.54, 1.807) is 11.3 Å². The Kier molecular flexibility index (Phi) is 5.51. The van der Waals surface area contributed by atoms with Crippen LogP contribution >= 0.6 is 11.3 Å². The van der Waals surface area contributed by atoms with Crippen molar-refractivity contribution in [2.45, 2.75) is 49.8 Å². The van der Waals surface area contributed by atoms with Gasteiger partial charge in [-0.05, 0) is 37.9 Å². The monoisotopic (exact) mass is 416 g/mol. The van der Waals surface area contributed by atoms with E-state index in [4.69, 9.17) is 4.98 Å². The zero-order valence-electron chi connectivity index (χ0n) is 16.3. The van der Waals surface area contributed by atoms with Crippen LogP contribution in [0.4, 0.5) is 0 Å². The molecule has 0 radical (unpaired) electrons. The van der Waals surface area contributed by atoms with Crippen molar-refractivity contribution in [3.63, 3.8) is 0 Å². The third-order valence-electron chi connectivity index (χ3n) is 6.08. The molecule has 5 atom stereocenters. The lowest BCUT2D eigenvalue weighted by molar-refractivity contribution is -0.129. The quantitative estimate of drug-likeness (QED) is 0.483. The molecule has 1 aromatic heterocycles. The summed E-state index contributed by atoms with van der Waals surface area (Å²) in [5.41, 5.74) is 0.933. The van der Waals surface area contributed by atoms with Gasteiger partial charge in [0.15, 0.2) is 0 Å². The highest BCUT2D eigenvalue weighted by Gasteiger charge is 2.42. The van der Waals surface area contributed by atoms with E-state index in [1.807, 2.05) is 24.3 Å². The lowest BCUT2D eigenvalue weighted by atomic mass is 10.00. The van der Waals surface area contributed by atoms with Gasteiger partial charge in [-0.2, -0.15) is 0 Å².